The molecule has 2 nitrogen and oxygen atoms in total. The molecular formula is C13H16BrNO. The van der Waals surface area contributed by atoms with E-state index in [0.29, 0.717) is 0 Å². The Balaban J connectivity index is 1.77. The Morgan fingerprint density at radius 1 is 1.38 bits per heavy atom. The van der Waals surface area contributed by atoms with Crippen LogP contribution in [-0.2, 0) is 10.2 Å². The molecule has 1 saturated heterocycles. The lowest BCUT2D eigenvalue weighted by Gasteiger charge is -2.42. The molecule has 0 aromatic heterocycles. The molecule has 0 radical (unpaired) electrons. The molecule has 86 valence electrons. The summed E-state index contributed by atoms with van der Waals surface area (Å²) in [4.78, 5) is 0. The molecule has 0 unspecified atom stereocenters. The van der Waals surface area contributed by atoms with Crippen LogP contribution in [0.5, 0.6) is 0 Å². The van der Waals surface area contributed by atoms with Crippen molar-refractivity contribution in [1.29, 1.82) is 0 Å². The fraction of sp³-hybridized carbons (Fsp3) is 0.538. The molecule has 0 amide bonds. The summed E-state index contributed by atoms with van der Waals surface area (Å²) in [5.41, 5.74) is 1.60. The standard InChI is InChI=1S/C13H16BrNO/c14-11-3-1-2-10(6-11)13(8-16-9-13)7-15-12-4-5-12/h1-3,6,12,15H,4-5,7-9H2. The van der Waals surface area contributed by atoms with Gasteiger partial charge in [0, 0.05) is 17.1 Å². The van der Waals surface area contributed by atoms with Crippen LogP contribution < -0.4 is 5.32 Å². The van der Waals surface area contributed by atoms with Gasteiger partial charge in [0.15, 0.2) is 0 Å². The molecule has 2 fully saturated rings. The van der Waals surface area contributed by atoms with Crippen molar-refractivity contribution < 1.29 is 4.74 Å². The zero-order chi connectivity index (χ0) is 11.0. The second-order valence-corrected chi connectivity index (χ2v) is 5.85. The van der Waals surface area contributed by atoms with Crippen molar-refractivity contribution in [2.75, 3.05) is 19.8 Å². The molecule has 0 bridgehead atoms. The Hall–Kier alpha value is -0.380. The highest BCUT2D eigenvalue weighted by Gasteiger charge is 2.41. The van der Waals surface area contributed by atoms with E-state index in [1.165, 1.54) is 18.4 Å². The summed E-state index contributed by atoms with van der Waals surface area (Å²) in [5, 5.41) is 3.62. The van der Waals surface area contributed by atoms with Crippen molar-refractivity contribution in [3.63, 3.8) is 0 Å². The van der Waals surface area contributed by atoms with E-state index < -0.39 is 0 Å². The van der Waals surface area contributed by atoms with Crippen LogP contribution in [0.25, 0.3) is 0 Å². The van der Waals surface area contributed by atoms with E-state index in [9.17, 15) is 0 Å². The van der Waals surface area contributed by atoms with Gasteiger partial charge in [-0.2, -0.15) is 0 Å². The largest absolute Gasteiger partial charge is 0.379 e. The van der Waals surface area contributed by atoms with Crippen molar-refractivity contribution in [2.24, 2.45) is 0 Å². The van der Waals surface area contributed by atoms with Gasteiger partial charge in [0.25, 0.3) is 0 Å². The number of benzene rings is 1. The Morgan fingerprint density at radius 3 is 2.75 bits per heavy atom. The monoisotopic (exact) mass is 281 g/mol. The van der Waals surface area contributed by atoms with Crippen LogP contribution >= 0.6 is 15.9 Å². The molecule has 3 heteroatoms. The fourth-order valence-corrected chi connectivity index (χ4v) is 2.56. The lowest BCUT2D eigenvalue weighted by Crippen LogP contribution is -2.53. The third kappa shape index (κ3) is 2.04. The SMILES string of the molecule is Brc1cccc(C2(CNC3CC3)COC2)c1. The van der Waals surface area contributed by atoms with Crippen LogP contribution in [0.15, 0.2) is 28.7 Å². The minimum absolute atomic E-state index is 0.215. The van der Waals surface area contributed by atoms with Crippen molar-refractivity contribution in [2.45, 2.75) is 24.3 Å². The smallest absolute Gasteiger partial charge is 0.0598 e. The fourth-order valence-electron chi connectivity index (χ4n) is 2.16. The number of rotatable bonds is 4. The number of nitrogens with one attached hydrogen (secondary N) is 1. The Kier molecular flexibility index (Phi) is 2.78. The molecule has 1 aromatic rings. The third-order valence-corrected chi connectivity index (χ3v) is 3.99. The Morgan fingerprint density at radius 2 is 2.19 bits per heavy atom. The van der Waals surface area contributed by atoms with E-state index in [4.69, 9.17) is 4.74 Å². The van der Waals surface area contributed by atoms with Crippen molar-refractivity contribution in [3.05, 3.63) is 34.3 Å². The highest BCUT2D eigenvalue weighted by atomic mass is 79.9. The zero-order valence-electron chi connectivity index (χ0n) is 9.21. The highest BCUT2D eigenvalue weighted by molar-refractivity contribution is 9.10. The first-order chi connectivity index (χ1) is 7.78. The Labute approximate surface area is 105 Å². The van der Waals surface area contributed by atoms with Gasteiger partial charge in [0.05, 0.1) is 18.6 Å². The first-order valence-corrected chi connectivity index (χ1v) is 6.65. The second kappa shape index (κ2) is 4.13. The number of hydrogen-bond donors (Lipinski definition) is 1. The topological polar surface area (TPSA) is 21.3 Å². The molecule has 1 aliphatic heterocycles. The summed E-state index contributed by atoms with van der Waals surface area (Å²) in [6.45, 7) is 2.75. The Bertz CT molecular complexity index is 385. The summed E-state index contributed by atoms with van der Waals surface area (Å²) in [5.74, 6) is 0. The molecule has 1 heterocycles. The van der Waals surface area contributed by atoms with Crippen molar-refractivity contribution in [3.8, 4) is 0 Å². The van der Waals surface area contributed by atoms with Gasteiger partial charge in [-0.15, -0.1) is 0 Å². The maximum absolute atomic E-state index is 5.43. The van der Waals surface area contributed by atoms with E-state index in [2.05, 4.69) is 45.5 Å². The minimum Gasteiger partial charge on any atom is -0.379 e. The lowest BCUT2D eigenvalue weighted by molar-refractivity contribution is -0.0591. The summed E-state index contributed by atoms with van der Waals surface area (Å²) in [6.07, 6.45) is 2.69. The van der Waals surface area contributed by atoms with Crippen LogP contribution in [0.4, 0.5) is 0 Å². The predicted molar refractivity (Wildman–Crippen MR) is 67.7 cm³/mol. The molecule has 3 rings (SSSR count). The summed E-state index contributed by atoms with van der Waals surface area (Å²) >= 11 is 3.54. The van der Waals surface area contributed by atoms with Gasteiger partial charge in [0.1, 0.15) is 0 Å². The minimum atomic E-state index is 0.215. The highest BCUT2D eigenvalue weighted by Crippen LogP contribution is 2.34. The van der Waals surface area contributed by atoms with Crippen LogP contribution in [-0.4, -0.2) is 25.8 Å². The number of halogens is 1. The van der Waals surface area contributed by atoms with E-state index in [-0.39, 0.29) is 5.41 Å². The molecule has 1 saturated carbocycles. The second-order valence-electron chi connectivity index (χ2n) is 4.94. The van der Waals surface area contributed by atoms with Crippen molar-refractivity contribution in [1.82, 2.24) is 5.32 Å². The molecule has 16 heavy (non-hydrogen) atoms. The molecule has 2 aliphatic rings. The lowest BCUT2D eigenvalue weighted by atomic mass is 9.78. The van der Waals surface area contributed by atoms with Crippen LogP contribution in [0.2, 0.25) is 0 Å². The molecule has 0 spiro atoms. The zero-order valence-corrected chi connectivity index (χ0v) is 10.8. The summed E-state index contributed by atoms with van der Waals surface area (Å²) in [6, 6.07) is 9.38. The van der Waals surface area contributed by atoms with Crippen LogP contribution in [0.3, 0.4) is 0 Å². The molecule has 1 N–H and O–H groups in total. The average molecular weight is 282 g/mol. The maximum atomic E-state index is 5.43. The van der Waals surface area contributed by atoms with E-state index >= 15 is 0 Å². The summed E-state index contributed by atoms with van der Waals surface area (Å²) < 4.78 is 6.59. The predicted octanol–water partition coefficient (Wildman–Crippen LogP) is 2.47. The van der Waals surface area contributed by atoms with E-state index in [0.717, 1.165) is 30.3 Å². The molecule has 0 atom stereocenters. The number of ether oxygens (including phenoxy) is 1. The number of hydrogen-bond acceptors (Lipinski definition) is 2. The van der Waals surface area contributed by atoms with Crippen LogP contribution in [0, 0.1) is 0 Å². The van der Waals surface area contributed by atoms with Gasteiger partial charge in [-0.05, 0) is 30.5 Å². The van der Waals surface area contributed by atoms with Gasteiger partial charge in [-0.25, -0.2) is 0 Å². The van der Waals surface area contributed by atoms with Crippen LogP contribution in [0.1, 0.15) is 18.4 Å². The first kappa shape index (κ1) is 10.8. The van der Waals surface area contributed by atoms with Gasteiger partial charge in [-0.3, -0.25) is 0 Å². The molecular weight excluding hydrogens is 266 g/mol. The van der Waals surface area contributed by atoms with Crippen molar-refractivity contribution >= 4 is 15.9 Å². The van der Waals surface area contributed by atoms with Gasteiger partial charge >= 0.3 is 0 Å². The summed E-state index contributed by atoms with van der Waals surface area (Å²) in [7, 11) is 0. The molecule has 1 aromatic carbocycles. The van der Waals surface area contributed by atoms with E-state index in [1.54, 1.807) is 0 Å². The van der Waals surface area contributed by atoms with Gasteiger partial charge < -0.3 is 10.1 Å². The normalized spacial score (nSPS) is 22.8. The quantitative estimate of drug-likeness (QED) is 0.916. The average Bonchev–Trinajstić information content (AvgIpc) is 3.00. The maximum Gasteiger partial charge on any atom is 0.0598 e. The third-order valence-electron chi connectivity index (χ3n) is 3.50. The van der Waals surface area contributed by atoms with E-state index in [1.807, 2.05) is 0 Å². The van der Waals surface area contributed by atoms with Gasteiger partial charge in [-0.1, -0.05) is 28.1 Å². The first-order valence-electron chi connectivity index (χ1n) is 5.86. The molecule has 1 aliphatic carbocycles. The van der Waals surface area contributed by atoms with Gasteiger partial charge in [0.2, 0.25) is 0 Å².